The Bertz CT molecular complexity index is 1890. The number of halogens is 1. The zero-order valence-electron chi connectivity index (χ0n) is 31.9. The van der Waals surface area contributed by atoms with E-state index >= 15 is 4.79 Å². The molecule has 0 radical (unpaired) electrons. The first-order valence-electron chi connectivity index (χ1n) is 19.5. The van der Waals surface area contributed by atoms with Gasteiger partial charge < -0.3 is 34.4 Å². The van der Waals surface area contributed by atoms with Crippen LogP contribution in [0.2, 0.25) is 0 Å². The van der Waals surface area contributed by atoms with Crippen LogP contribution in [0.15, 0.2) is 98.1 Å². The van der Waals surface area contributed by atoms with Crippen LogP contribution in [0.25, 0.3) is 10.8 Å². The molecule has 3 heterocycles. The summed E-state index contributed by atoms with van der Waals surface area (Å²) >= 11 is 3.78. The van der Waals surface area contributed by atoms with Crippen molar-refractivity contribution in [2.24, 2.45) is 11.8 Å². The number of hydrogen-bond donors (Lipinski definition) is 2. The van der Waals surface area contributed by atoms with Gasteiger partial charge in [0.15, 0.2) is 0 Å². The quantitative estimate of drug-likeness (QED) is 0.0610. The van der Waals surface area contributed by atoms with E-state index in [0.29, 0.717) is 36.9 Å². The number of likely N-dealkylation sites (tertiary alicyclic amines) is 1. The van der Waals surface area contributed by atoms with Crippen LogP contribution in [0.4, 0.5) is 5.69 Å². The number of aliphatic hydroxyl groups excluding tert-OH is 1. The number of carbonyl (C=O) groups is 4. The molecule has 56 heavy (non-hydrogen) atoms. The van der Waals surface area contributed by atoms with Gasteiger partial charge in [-0.2, -0.15) is 0 Å². The SMILES string of the molecule is C=CCCC(=O)N[C@H](COC)[C@H](OC(=O)[C@@H]1[C@H]2O[C@@]3(CC2Br)[C@H](C(=O)N(CC=C)c2ccc4ccccc4c2)N(CCCCCCO)C(=O)[C@@H]13)c1ccccc1. The van der Waals surface area contributed by atoms with Crippen LogP contribution in [0, 0.1) is 11.8 Å². The zero-order chi connectivity index (χ0) is 39.8. The average Bonchev–Trinajstić information content (AvgIpc) is 3.80. The van der Waals surface area contributed by atoms with Crippen molar-refractivity contribution >= 4 is 56.1 Å². The highest BCUT2D eigenvalue weighted by molar-refractivity contribution is 9.09. The molecule has 0 aromatic heterocycles. The van der Waals surface area contributed by atoms with Crippen LogP contribution in [0.3, 0.4) is 0 Å². The zero-order valence-corrected chi connectivity index (χ0v) is 33.5. The van der Waals surface area contributed by atoms with Gasteiger partial charge in [0, 0.05) is 43.7 Å². The Labute approximate surface area is 337 Å². The normalized spacial score (nSPS) is 24.7. The number of unbranched alkanes of at least 4 members (excludes halogenated alkanes) is 3. The summed E-state index contributed by atoms with van der Waals surface area (Å²) in [5.41, 5.74) is -0.00919. The second kappa shape index (κ2) is 18.7. The fourth-order valence-corrected chi connectivity index (χ4v) is 9.68. The molecule has 3 aromatic rings. The first kappa shape index (κ1) is 41.3. The monoisotopic (exact) mass is 829 g/mol. The number of nitrogens with zero attached hydrogens (tertiary/aromatic N) is 2. The number of amides is 3. The van der Waals surface area contributed by atoms with Crippen LogP contribution in [-0.4, -0.2) is 95.7 Å². The third-order valence-electron chi connectivity index (χ3n) is 11.2. The molecule has 3 aliphatic heterocycles. The minimum atomic E-state index is -1.31. The van der Waals surface area contributed by atoms with Gasteiger partial charge in [-0.1, -0.05) is 102 Å². The van der Waals surface area contributed by atoms with Crippen LogP contribution in [0.1, 0.15) is 56.6 Å². The number of alkyl halides is 1. The minimum absolute atomic E-state index is 0.0547. The van der Waals surface area contributed by atoms with Gasteiger partial charge in [0.25, 0.3) is 5.91 Å². The van der Waals surface area contributed by atoms with Crippen molar-refractivity contribution in [3.05, 3.63) is 104 Å². The number of nitrogens with one attached hydrogen (secondary N) is 1. The Morgan fingerprint density at radius 1 is 1.04 bits per heavy atom. The van der Waals surface area contributed by atoms with Crippen molar-refractivity contribution in [2.75, 3.05) is 38.3 Å². The van der Waals surface area contributed by atoms with Gasteiger partial charge in [0.05, 0.1) is 30.6 Å². The van der Waals surface area contributed by atoms with Crippen LogP contribution < -0.4 is 10.2 Å². The third kappa shape index (κ3) is 8.34. The van der Waals surface area contributed by atoms with Crippen LogP contribution >= 0.6 is 15.9 Å². The Kier molecular flexibility index (Phi) is 13.8. The summed E-state index contributed by atoms with van der Waals surface area (Å²) in [4.78, 5) is 60.6. The Morgan fingerprint density at radius 3 is 2.48 bits per heavy atom. The van der Waals surface area contributed by atoms with E-state index in [-0.39, 0.29) is 55.3 Å². The lowest BCUT2D eigenvalue weighted by Gasteiger charge is -2.37. The second-order valence-electron chi connectivity index (χ2n) is 14.8. The summed E-state index contributed by atoms with van der Waals surface area (Å²) in [5.74, 6) is -3.55. The molecular weight excluding hydrogens is 778 g/mol. The number of benzene rings is 3. The fraction of sp³-hybridized carbons (Fsp3) is 0.455. The Morgan fingerprint density at radius 2 is 1.77 bits per heavy atom. The molecule has 0 aliphatic carbocycles. The highest BCUT2D eigenvalue weighted by Gasteiger charge is 2.77. The molecule has 12 heteroatoms. The molecule has 3 fully saturated rings. The summed E-state index contributed by atoms with van der Waals surface area (Å²) < 4.78 is 18.7. The first-order valence-corrected chi connectivity index (χ1v) is 20.4. The molecule has 8 atom stereocenters. The predicted molar refractivity (Wildman–Crippen MR) is 218 cm³/mol. The van der Waals surface area contributed by atoms with Gasteiger partial charge in [-0.25, -0.2) is 0 Å². The summed E-state index contributed by atoms with van der Waals surface area (Å²) in [7, 11) is 1.51. The molecule has 3 aromatic carbocycles. The number of anilines is 1. The number of fused-ring (bicyclic) bond motifs is 2. The third-order valence-corrected chi connectivity index (χ3v) is 12.1. The van der Waals surface area contributed by atoms with E-state index in [9.17, 15) is 19.5 Å². The minimum Gasteiger partial charge on any atom is -0.455 e. The summed E-state index contributed by atoms with van der Waals surface area (Å²) in [6, 6.07) is 21.1. The number of aliphatic hydroxyl groups is 1. The standard InChI is InChI=1S/C44H52BrN3O8/c1-4-6-20-35(50)46-34(28-54-3)38(30-17-10-9-11-18-30)55-43(53)36-37-41(51)48(24-14-7-8-15-25-49)40(44(37)27-33(45)39(36)56-44)42(52)47(23-5-2)32-22-21-29-16-12-13-19-31(29)26-32/h4-5,9-13,16-19,21-22,26,33-34,36-40,49H,1-2,6-8,14-15,20,23-25,27-28H2,3H3,(H,46,50)/t33?,34-,36+,37-,38-,39+,40+,44-/m1/s1. The van der Waals surface area contributed by atoms with Gasteiger partial charge >= 0.3 is 5.97 Å². The van der Waals surface area contributed by atoms with E-state index in [1.165, 1.54) is 7.11 Å². The lowest BCUT2D eigenvalue weighted by atomic mass is 9.70. The lowest BCUT2D eigenvalue weighted by Crippen LogP contribution is -2.57. The van der Waals surface area contributed by atoms with E-state index in [0.717, 1.165) is 23.6 Å². The van der Waals surface area contributed by atoms with E-state index in [4.69, 9.17) is 14.2 Å². The number of ether oxygens (including phenoxy) is 3. The lowest BCUT2D eigenvalue weighted by molar-refractivity contribution is -0.163. The average molecular weight is 831 g/mol. The van der Waals surface area contributed by atoms with Crippen molar-refractivity contribution < 1.29 is 38.5 Å². The Hall–Kier alpha value is -4.36. The fourth-order valence-electron chi connectivity index (χ4n) is 8.74. The number of hydrogen-bond acceptors (Lipinski definition) is 8. The maximum Gasteiger partial charge on any atom is 0.313 e. The van der Waals surface area contributed by atoms with E-state index in [1.54, 1.807) is 22.0 Å². The maximum atomic E-state index is 15.2. The van der Waals surface area contributed by atoms with Gasteiger partial charge in [0.1, 0.15) is 17.7 Å². The van der Waals surface area contributed by atoms with Gasteiger partial charge in [-0.3, -0.25) is 19.2 Å². The van der Waals surface area contributed by atoms with Crippen molar-refractivity contribution in [1.29, 1.82) is 0 Å². The largest absolute Gasteiger partial charge is 0.455 e. The molecule has 2 bridgehead atoms. The van der Waals surface area contributed by atoms with Crippen molar-refractivity contribution in [2.45, 2.75) is 79.7 Å². The highest BCUT2D eigenvalue weighted by Crippen LogP contribution is 2.60. The molecule has 3 saturated heterocycles. The molecule has 3 amide bonds. The summed E-state index contributed by atoms with van der Waals surface area (Å²) in [5, 5.41) is 14.3. The molecule has 11 nitrogen and oxygen atoms in total. The molecule has 3 aliphatic rings. The summed E-state index contributed by atoms with van der Waals surface area (Å²) in [6.07, 6.45) is 5.41. The predicted octanol–water partition coefficient (Wildman–Crippen LogP) is 6.04. The number of esters is 1. The molecule has 1 spiro atoms. The topological polar surface area (TPSA) is 135 Å². The van der Waals surface area contributed by atoms with E-state index in [1.807, 2.05) is 72.8 Å². The molecule has 0 saturated carbocycles. The van der Waals surface area contributed by atoms with Crippen LogP contribution in [-0.2, 0) is 33.4 Å². The molecule has 6 rings (SSSR count). The molecule has 298 valence electrons. The van der Waals surface area contributed by atoms with Crippen LogP contribution in [0.5, 0.6) is 0 Å². The maximum absolute atomic E-state index is 15.2. The summed E-state index contributed by atoms with van der Waals surface area (Å²) in [6.45, 7) is 8.26. The van der Waals surface area contributed by atoms with Gasteiger partial charge in [-0.05, 0) is 54.2 Å². The number of rotatable bonds is 20. The van der Waals surface area contributed by atoms with Crippen molar-refractivity contribution in [3.8, 4) is 0 Å². The molecule has 2 N–H and O–H groups in total. The molecular formula is C44H52BrN3O8. The van der Waals surface area contributed by atoms with E-state index in [2.05, 4.69) is 34.4 Å². The van der Waals surface area contributed by atoms with Gasteiger partial charge in [-0.15, -0.1) is 13.2 Å². The smallest absolute Gasteiger partial charge is 0.313 e. The number of allylic oxidation sites excluding steroid dienone is 1. The second-order valence-corrected chi connectivity index (χ2v) is 16.0. The van der Waals surface area contributed by atoms with Gasteiger partial charge in [0.2, 0.25) is 11.8 Å². The molecule has 1 unspecified atom stereocenters. The van der Waals surface area contributed by atoms with Crippen molar-refractivity contribution in [1.82, 2.24) is 10.2 Å². The number of methoxy groups -OCH3 is 1. The highest BCUT2D eigenvalue weighted by atomic mass is 79.9. The van der Waals surface area contributed by atoms with E-state index < -0.39 is 47.7 Å². The Balaban J connectivity index is 1.36. The first-order chi connectivity index (χ1) is 27.2. The number of carbonyl (C=O) groups excluding carboxylic acids is 4. The van der Waals surface area contributed by atoms with Crippen molar-refractivity contribution in [3.63, 3.8) is 0 Å².